The summed E-state index contributed by atoms with van der Waals surface area (Å²) in [6, 6.07) is 6.46. The second-order valence-corrected chi connectivity index (χ2v) is 8.79. The van der Waals surface area contributed by atoms with Crippen LogP contribution in [0.25, 0.3) is 0 Å². The summed E-state index contributed by atoms with van der Waals surface area (Å²) in [4.78, 5) is 12.1. The molecular weight excluding hydrogens is 455 g/mol. The van der Waals surface area contributed by atoms with Crippen LogP contribution in [-0.4, -0.2) is 67.2 Å². The smallest absolute Gasteiger partial charge is 0.484 e. The van der Waals surface area contributed by atoms with E-state index in [-0.39, 0.29) is 50.7 Å². The third-order valence-corrected chi connectivity index (χ3v) is 5.73. The van der Waals surface area contributed by atoms with E-state index in [1.165, 1.54) is 0 Å². The van der Waals surface area contributed by atoms with Crippen LogP contribution in [0.4, 0.5) is 13.2 Å². The molecule has 1 aliphatic carbocycles. The van der Waals surface area contributed by atoms with Crippen LogP contribution in [0.15, 0.2) is 24.3 Å². The molecule has 2 aliphatic rings. The molecule has 7 nitrogen and oxygen atoms in total. The zero-order chi connectivity index (χ0) is 23.4. The van der Waals surface area contributed by atoms with E-state index in [2.05, 4.69) is 10.1 Å². The summed E-state index contributed by atoms with van der Waals surface area (Å²) in [6.07, 6.45) is -5.09. The Morgan fingerprint density at radius 3 is 2.50 bits per heavy atom. The summed E-state index contributed by atoms with van der Waals surface area (Å²) in [6.45, 7) is 1.58. The van der Waals surface area contributed by atoms with Gasteiger partial charge in [0.25, 0.3) is 5.91 Å². The first kappa shape index (κ1) is 25.0. The number of amides is 1. The maximum absolute atomic E-state index is 12.2. The molecule has 1 aromatic carbocycles. The Hall–Kier alpha value is -1.59. The minimum absolute atomic E-state index is 0.0625. The topological polar surface area (TPSA) is 86.2 Å². The first-order valence-corrected chi connectivity index (χ1v) is 10.8. The van der Waals surface area contributed by atoms with Gasteiger partial charge in [-0.1, -0.05) is 11.6 Å². The van der Waals surface area contributed by atoms with Gasteiger partial charge in [-0.15, -0.1) is 13.2 Å². The van der Waals surface area contributed by atoms with Crippen molar-refractivity contribution in [2.24, 2.45) is 0 Å². The summed E-state index contributed by atoms with van der Waals surface area (Å²) in [5.41, 5.74) is -1.30. The number of ether oxygens (including phenoxy) is 4. The Bertz CT molecular complexity index is 747. The standard InChI is InChI=1S/C21H27ClF3NO6/c1-20(28,12-31-16-8-17(9-16)32-21(23,24)25)18-7-4-14(10-30-18)26-19(27)11-29-15-5-2-13(22)3-6-15/h2-3,5-6,14,16-18,28H,4,7-12H2,1H3,(H,26,27)/t14-,16?,17?,18+,20?/m1/s1. The fourth-order valence-corrected chi connectivity index (χ4v) is 3.75. The van der Waals surface area contributed by atoms with E-state index in [1.54, 1.807) is 31.2 Å². The van der Waals surface area contributed by atoms with Gasteiger partial charge in [0.1, 0.15) is 11.4 Å². The number of benzene rings is 1. The number of rotatable bonds is 9. The monoisotopic (exact) mass is 481 g/mol. The molecule has 1 heterocycles. The maximum Gasteiger partial charge on any atom is 0.522 e. The second kappa shape index (κ2) is 10.6. The predicted molar refractivity (Wildman–Crippen MR) is 108 cm³/mol. The largest absolute Gasteiger partial charge is 0.522 e. The van der Waals surface area contributed by atoms with E-state index in [0.717, 1.165) is 0 Å². The Morgan fingerprint density at radius 2 is 1.91 bits per heavy atom. The van der Waals surface area contributed by atoms with Gasteiger partial charge in [-0.2, -0.15) is 0 Å². The number of carbonyl (C=O) groups excluding carboxylic acids is 1. The normalized spacial score (nSPS) is 27.8. The zero-order valence-corrected chi connectivity index (χ0v) is 18.3. The maximum atomic E-state index is 12.2. The van der Waals surface area contributed by atoms with Crippen molar-refractivity contribution in [2.45, 2.75) is 68.9 Å². The van der Waals surface area contributed by atoms with Crippen LogP contribution in [0.3, 0.4) is 0 Å². The summed E-state index contributed by atoms with van der Waals surface area (Å²) >= 11 is 5.80. The minimum Gasteiger partial charge on any atom is -0.484 e. The minimum atomic E-state index is -4.65. The highest BCUT2D eigenvalue weighted by Gasteiger charge is 2.42. The lowest BCUT2D eigenvalue weighted by atomic mass is 9.90. The molecule has 0 radical (unpaired) electrons. The third kappa shape index (κ3) is 7.77. The van der Waals surface area contributed by atoms with E-state index in [9.17, 15) is 23.1 Å². The lowest BCUT2D eigenvalue weighted by Gasteiger charge is -2.41. The van der Waals surface area contributed by atoms with Crippen LogP contribution >= 0.6 is 11.6 Å². The molecule has 0 bridgehead atoms. The zero-order valence-electron chi connectivity index (χ0n) is 17.6. The van der Waals surface area contributed by atoms with Gasteiger partial charge < -0.3 is 24.6 Å². The van der Waals surface area contributed by atoms with Gasteiger partial charge >= 0.3 is 6.36 Å². The van der Waals surface area contributed by atoms with Crippen LogP contribution < -0.4 is 10.1 Å². The van der Waals surface area contributed by atoms with Gasteiger partial charge in [-0.3, -0.25) is 9.53 Å². The van der Waals surface area contributed by atoms with Crippen molar-refractivity contribution in [2.75, 3.05) is 19.8 Å². The van der Waals surface area contributed by atoms with Crippen LogP contribution in [0.1, 0.15) is 32.6 Å². The lowest BCUT2D eigenvalue weighted by Crippen LogP contribution is -2.53. The van der Waals surface area contributed by atoms with Gasteiger partial charge in [0, 0.05) is 17.9 Å². The Kier molecular flexibility index (Phi) is 8.26. The highest BCUT2D eigenvalue weighted by molar-refractivity contribution is 6.30. The quantitative estimate of drug-likeness (QED) is 0.563. The molecule has 2 N–H and O–H groups in total. The van der Waals surface area contributed by atoms with Crippen molar-refractivity contribution in [3.63, 3.8) is 0 Å². The van der Waals surface area contributed by atoms with Crippen molar-refractivity contribution >= 4 is 17.5 Å². The fourth-order valence-electron chi connectivity index (χ4n) is 3.62. The van der Waals surface area contributed by atoms with Crippen molar-refractivity contribution in [3.8, 4) is 5.75 Å². The molecule has 2 fully saturated rings. The van der Waals surface area contributed by atoms with E-state index in [1.807, 2.05) is 0 Å². The number of carbonyl (C=O) groups is 1. The molecule has 1 amide bonds. The van der Waals surface area contributed by atoms with Crippen molar-refractivity contribution in [1.29, 1.82) is 0 Å². The van der Waals surface area contributed by atoms with E-state index >= 15 is 0 Å². The van der Waals surface area contributed by atoms with Crippen LogP contribution in [0.2, 0.25) is 5.02 Å². The van der Waals surface area contributed by atoms with Crippen molar-refractivity contribution < 1.29 is 42.0 Å². The van der Waals surface area contributed by atoms with Gasteiger partial charge in [-0.25, -0.2) is 0 Å². The number of nitrogens with one attached hydrogen (secondary N) is 1. The first-order valence-electron chi connectivity index (χ1n) is 10.4. The average molecular weight is 482 g/mol. The molecule has 1 saturated heterocycles. The average Bonchev–Trinajstić information content (AvgIpc) is 2.69. The molecule has 1 aliphatic heterocycles. The van der Waals surface area contributed by atoms with E-state index in [4.69, 9.17) is 25.8 Å². The number of halogens is 4. The molecule has 0 spiro atoms. The highest BCUT2D eigenvalue weighted by Crippen LogP contribution is 2.33. The molecule has 3 rings (SSSR count). The van der Waals surface area contributed by atoms with Gasteiger partial charge in [0.15, 0.2) is 6.61 Å². The molecule has 3 atom stereocenters. The Balaban J connectivity index is 1.32. The van der Waals surface area contributed by atoms with E-state index in [0.29, 0.717) is 23.6 Å². The van der Waals surface area contributed by atoms with Gasteiger partial charge in [-0.05, 0) is 44.0 Å². The molecule has 0 aromatic heterocycles. The molecular formula is C21H27ClF3NO6. The molecule has 1 unspecified atom stereocenters. The lowest BCUT2D eigenvalue weighted by molar-refractivity contribution is -0.358. The fraction of sp³-hybridized carbons (Fsp3) is 0.667. The van der Waals surface area contributed by atoms with Crippen molar-refractivity contribution in [1.82, 2.24) is 5.32 Å². The Labute approximate surface area is 189 Å². The predicted octanol–water partition coefficient (Wildman–Crippen LogP) is 3.22. The van der Waals surface area contributed by atoms with Gasteiger partial charge in [0.2, 0.25) is 0 Å². The molecule has 1 aromatic rings. The highest BCUT2D eigenvalue weighted by atomic mass is 35.5. The number of hydrogen-bond donors (Lipinski definition) is 2. The summed E-state index contributed by atoms with van der Waals surface area (Å²) in [7, 11) is 0. The summed E-state index contributed by atoms with van der Waals surface area (Å²) < 4.78 is 57.1. The summed E-state index contributed by atoms with van der Waals surface area (Å²) in [5.74, 6) is 0.242. The summed E-state index contributed by atoms with van der Waals surface area (Å²) in [5, 5.41) is 14.1. The Morgan fingerprint density at radius 1 is 1.22 bits per heavy atom. The molecule has 1 saturated carbocycles. The third-order valence-electron chi connectivity index (χ3n) is 5.48. The van der Waals surface area contributed by atoms with E-state index < -0.39 is 24.2 Å². The molecule has 32 heavy (non-hydrogen) atoms. The van der Waals surface area contributed by atoms with Gasteiger partial charge in [0.05, 0.1) is 37.6 Å². The number of alkyl halides is 3. The van der Waals surface area contributed by atoms with Crippen molar-refractivity contribution in [3.05, 3.63) is 29.3 Å². The number of aliphatic hydroxyl groups is 1. The SMILES string of the molecule is CC(O)(COC1CC(OC(F)(F)F)C1)[C@@H]1CC[C@@H](NC(=O)COc2ccc(Cl)cc2)CO1. The molecule has 11 heteroatoms. The molecule has 180 valence electrons. The second-order valence-electron chi connectivity index (χ2n) is 8.35. The number of hydrogen-bond acceptors (Lipinski definition) is 6. The first-order chi connectivity index (χ1) is 15.0. The van der Waals surface area contributed by atoms with Crippen LogP contribution in [-0.2, 0) is 19.0 Å². The van der Waals surface area contributed by atoms with Crippen LogP contribution in [0.5, 0.6) is 5.75 Å². The van der Waals surface area contributed by atoms with Crippen LogP contribution in [0, 0.1) is 0 Å².